The van der Waals surface area contributed by atoms with Crippen molar-refractivity contribution < 1.29 is 9.59 Å². The molecule has 1 heterocycles. The summed E-state index contributed by atoms with van der Waals surface area (Å²) in [6.07, 6.45) is 0.681. The van der Waals surface area contributed by atoms with E-state index in [2.05, 4.69) is 0 Å². The number of benzene rings is 1. The first kappa shape index (κ1) is 14.2. The lowest BCUT2D eigenvalue weighted by molar-refractivity contribution is -0.143. The number of amides is 2. The van der Waals surface area contributed by atoms with Gasteiger partial charge in [-0.05, 0) is 30.5 Å². The number of nitrogens with two attached hydrogens (primary N) is 1. The third-order valence-corrected chi connectivity index (χ3v) is 4.33. The number of primary amides is 1. The van der Waals surface area contributed by atoms with Crippen molar-refractivity contribution in [3.05, 3.63) is 33.8 Å². The molecule has 2 rings (SSSR count). The molecule has 1 aromatic rings. The molecular weight excluding hydrogens is 287 g/mol. The molecule has 102 valence electrons. The molecule has 6 heteroatoms. The van der Waals surface area contributed by atoms with Gasteiger partial charge < -0.3 is 10.6 Å². The van der Waals surface area contributed by atoms with Crippen LogP contribution < -0.4 is 5.73 Å². The Labute approximate surface area is 121 Å². The molecule has 0 saturated carbocycles. The highest BCUT2D eigenvalue weighted by Crippen LogP contribution is 2.36. The molecular formula is C13H14Cl2N2O2. The van der Waals surface area contributed by atoms with Crippen molar-refractivity contribution in [2.75, 3.05) is 13.6 Å². The average molecular weight is 301 g/mol. The van der Waals surface area contributed by atoms with Gasteiger partial charge in [0, 0.05) is 13.6 Å². The molecule has 0 aliphatic carbocycles. The van der Waals surface area contributed by atoms with Crippen LogP contribution in [-0.4, -0.2) is 30.3 Å². The van der Waals surface area contributed by atoms with Crippen molar-refractivity contribution >= 4 is 35.0 Å². The van der Waals surface area contributed by atoms with Gasteiger partial charge >= 0.3 is 0 Å². The maximum absolute atomic E-state index is 12.2. The van der Waals surface area contributed by atoms with Crippen molar-refractivity contribution in [1.29, 1.82) is 0 Å². The number of hydrogen-bond donors (Lipinski definition) is 1. The first-order valence-electron chi connectivity index (χ1n) is 5.86. The molecule has 0 aromatic heterocycles. The normalized spacial score (nSPS) is 22.9. The molecule has 2 N–H and O–H groups in total. The number of halogens is 2. The monoisotopic (exact) mass is 300 g/mol. The Hall–Kier alpha value is -1.26. The number of carbonyl (C=O) groups excluding carboxylic acids is 2. The van der Waals surface area contributed by atoms with Crippen LogP contribution in [0.4, 0.5) is 0 Å². The summed E-state index contributed by atoms with van der Waals surface area (Å²) in [5.74, 6) is -0.820. The van der Waals surface area contributed by atoms with E-state index in [1.165, 1.54) is 4.90 Å². The molecule has 1 aliphatic rings. The predicted molar refractivity (Wildman–Crippen MR) is 74.0 cm³/mol. The van der Waals surface area contributed by atoms with E-state index in [0.717, 1.165) is 5.56 Å². The zero-order valence-electron chi connectivity index (χ0n) is 10.5. The Morgan fingerprint density at radius 3 is 2.58 bits per heavy atom. The molecule has 19 heavy (non-hydrogen) atoms. The molecule has 1 aromatic carbocycles. The topological polar surface area (TPSA) is 63.4 Å². The molecule has 1 fully saturated rings. The SMILES string of the molecule is CN1CCC(Cc2ccc(Cl)c(Cl)c2)(C(N)=O)C1=O. The Morgan fingerprint density at radius 2 is 2.11 bits per heavy atom. The van der Waals surface area contributed by atoms with Crippen LogP contribution in [0.2, 0.25) is 10.0 Å². The van der Waals surface area contributed by atoms with Gasteiger partial charge in [-0.1, -0.05) is 29.3 Å². The van der Waals surface area contributed by atoms with Crippen LogP contribution in [0.5, 0.6) is 0 Å². The van der Waals surface area contributed by atoms with Gasteiger partial charge in [0.05, 0.1) is 10.0 Å². The fourth-order valence-electron chi connectivity index (χ4n) is 2.41. The van der Waals surface area contributed by atoms with Gasteiger partial charge in [-0.3, -0.25) is 9.59 Å². The summed E-state index contributed by atoms with van der Waals surface area (Å²) >= 11 is 11.8. The summed E-state index contributed by atoms with van der Waals surface area (Å²) in [5, 5.41) is 0.839. The molecule has 1 aliphatic heterocycles. The molecule has 0 bridgehead atoms. The number of nitrogens with zero attached hydrogens (tertiary/aromatic N) is 1. The van der Waals surface area contributed by atoms with Gasteiger partial charge in [-0.2, -0.15) is 0 Å². The van der Waals surface area contributed by atoms with Crippen LogP contribution in [0.1, 0.15) is 12.0 Å². The summed E-state index contributed by atoms with van der Waals surface area (Å²) in [6, 6.07) is 5.07. The smallest absolute Gasteiger partial charge is 0.238 e. The largest absolute Gasteiger partial charge is 0.369 e. The summed E-state index contributed by atoms with van der Waals surface area (Å²) in [4.78, 5) is 25.5. The van der Waals surface area contributed by atoms with Crippen molar-refractivity contribution in [1.82, 2.24) is 4.90 Å². The average Bonchev–Trinajstić information content (AvgIpc) is 2.63. The molecule has 2 amide bonds. The first-order valence-corrected chi connectivity index (χ1v) is 6.62. The highest BCUT2D eigenvalue weighted by atomic mass is 35.5. The van der Waals surface area contributed by atoms with Crippen LogP contribution >= 0.6 is 23.2 Å². The van der Waals surface area contributed by atoms with Gasteiger partial charge in [0.1, 0.15) is 5.41 Å². The van der Waals surface area contributed by atoms with Crippen LogP contribution in [0.25, 0.3) is 0 Å². The zero-order valence-corrected chi connectivity index (χ0v) is 12.0. The minimum Gasteiger partial charge on any atom is -0.369 e. The number of likely N-dealkylation sites (tertiary alicyclic amines) is 1. The van der Waals surface area contributed by atoms with E-state index in [1.54, 1.807) is 25.2 Å². The van der Waals surface area contributed by atoms with Gasteiger partial charge in [0.25, 0.3) is 0 Å². The Morgan fingerprint density at radius 1 is 1.42 bits per heavy atom. The fourth-order valence-corrected chi connectivity index (χ4v) is 2.73. The van der Waals surface area contributed by atoms with E-state index in [1.807, 2.05) is 0 Å². The quantitative estimate of drug-likeness (QED) is 0.866. The van der Waals surface area contributed by atoms with Gasteiger partial charge in [0.15, 0.2) is 0 Å². The van der Waals surface area contributed by atoms with E-state index >= 15 is 0 Å². The lowest BCUT2D eigenvalue weighted by Gasteiger charge is -2.23. The highest BCUT2D eigenvalue weighted by molar-refractivity contribution is 6.42. The van der Waals surface area contributed by atoms with Crippen LogP contribution in [0.15, 0.2) is 18.2 Å². The second-order valence-electron chi connectivity index (χ2n) is 4.85. The lowest BCUT2D eigenvalue weighted by Crippen LogP contribution is -2.45. The minimum absolute atomic E-state index is 0.230. The summed E-state index contributed by atoms with van der Waals surface area (Å²) in [7, 11) is 1.67. The molecule has 1 atom stereocenters. The second-order valence-corrected chi connectivity index (χ2v) is 5.66. The molecule has 1 unspecified atom stereocenters. The van der Waals surface area contributed by atoms with E-state index < -0.39 is 11.3 Å². The number of hydrogen-bond acceptors (Lipinski definition) is 2. The van der Waals surface area contributed by atoms with Gasteiger partial charge in [-0.15, -0.1) is 0 Å². The van der Waals surface area contributed by atoms with Gasteiger partial charge in [0.2, 0.25) is 11.8 Å². The van der Waals surface area contributed by atoms with E-state index in [4.69, 9.17) is 28.9 Å². The summed E-state index contributed by atoms with van der Waals surface area (Å²) in [6.45, 7) is 0.531. The molecule has 0 radical (unpaired) electrons. The fraction of sp³-hybridized carbons (Fsp3) is 0.385. The zero-order chi connectivity index (χ0) is 14.2. The maximum atomic E-state index is 12.2. The Bertz CT molecular complexity index is 547. The molecule has 4 nitrogen and oxygen atoms in total. The van der Waals surface area contributed by atoms with Crippen molar-refractivity contribution in [2.45, 2.75) is 12.8 Å². The maximum Gasteiger partial charge on any atom is 0.238 e. The standard InChI is InChI=1S/C13H14Cl2N2O2/c1-17-5-4-13(11(16)18,12(17)19)7-8-2-3-9(14)10(15)6-8/h2-3,6H,4-5,7H2,1H3,(H2,16,18). The van der Waals surface area contributed by atoms with E-state index in [0.29, 0.717) is 23.0 Å². The summed E-state index contributed by atoms with van der Waals surface area (Å²) in [5.41, 5.74) is 5.07. The number of carbonyl (C=O) groups is 2. The third-order valence-electron chi connectivity index (χ3n) is 3.59. The van der Waals surface area contributed by atoms with Crippen LogP contribution in [-0.2, 0) is 16.0 Å². The third kappa shape index (κ3) is 2.42. The van der Waals surface area contributed by atoms with Crippen molar-refractivity contribution in [2.24, 2.45) is 11.1 Å². The second kappa shape index (κ2) is 5.02. The Balaban J connectivity index is 2.35. The highest BCUT2D eigenvalue weighted by Gasteiger charge is 2.50. The predicted octanol–water partition coefficient (Wildman–Crippen LogP) is 1.87. The molecule has 1 saturated heterocycles. The van der Waals surface area contributed by atoms with Gasteiger partial charge in [-0.25, -0.2) is 0 Å². The first-order chi connectivity index (χ1) is 8.86. The van der Waals surface area contributed by atoms with Crippen LogP contribution in [0.3, 0.4) is 0 Å². The van der Waals surface area contributed by atoms with Crippen LogP contribution in [0, 0.1) is 5.41 Å². The summed E-state index contributed by atoms with van der Waals surface area (Å²) < 4.78 is 0. The van der Waals surface area contributed by atoms with Crippen molar-refractivity contribution in [3.8, 4) is 0 Å². The van der Waals surface area contributed by atoms with Crippen molar-refractivity contribution in [3.63, 3.8) is 0 Å². The van der Waals surface area contributed by atoms with E-state index in [-0.39, 0.29) is 12.3 Å². The number of rotatable bonds is 3. The lowest BCUT2D eigenvalue weighted by atomic mass is 9.79. The Kier molecular flexibility index (Phi) is 3.74. The van der Waals surface area contributed by atoms with E-state index in [9.17, 15) is 9.59 Å². The molecule has 0 spiro atoms. The minimum atomic E-state index is -1.16.